The van der Waals surface area contributed by atoms with Gasteiger partial charge in [-0.05, 0) is 34.5 Å². The second-order valence-electron chi connectivity index (χ2n) is 2.33. The molecule has 0 amide bonds. The molecule has 2 heterocycles. The molecule has 0 radical (unpaired) electrons. The SMILES string of the molecule is c1cc2nnsc2c2c1NSS2. The summed E-state index contributed by atoms with van der Waals surface area (Å²) in [6.45, 7) is 0. The van der Waals surface area contributed by atoms with Gasteiger partial charge in [0.05, 0.1) is 15.3 Å². The van der Waals surface area contributed by atoms with Crippen molar-refractivity contribution in [2.75, 3.05) is 4.72 Å². The van der Waals surface area contributed by atoms with E-state index in [1.165, 1.54) is 26.8 Å². The molecule has 1 aromatic heterocycles. The van der Waals surface area contributed by atoms with E-state index in [1.807, 2.05) is 12.1 Å². The quantitative estimate of drug-likeness (QED) is 0.538. The van der Waals surface area contributed by atoms with Crippen LogP contribution in [-0.4, -0.2) is 9.59 Å². The highest BCUT2D eigenvalue weighted by Crippen LogP contribution is 2.48. The monoisotopic (exact) mass is 213 g/mol. The molecular formula is C6H3N3S3. The number of nitrogens with one attached hydrogen (secondary N) is 1. The largest absolute Gasteiger partial charge is 0.319 e. The molecule has 0 saturated carbocycles. The highest BCUT2D eigenvalue weighted by molar-refractivity contribution is 8.77. The molecule has 0 saturated heterocycles. The van der Waals surface area contributed by atoms with Gasteiger partial charge < -0.3 is 4.72 Å². The number of benzene rings is 1. The normalized spacial score (nSPS) is 14.7. The summed E-state index contributed by atoms with van der Waals surface area (Å²) in [5.41, 5.74) is 2.18. The number of fused-ring (bicyclic) bond motifs is 3. The van der Waals surface area contributed by atoms with E-state index in [2.05, 4.69) is 14.3 Å². The van der Waals surface area contributed by atoms with Gasteiger partial charge in [-0.2, -0.15) is 0 Å². The molecule has 12 heavy (non-hydrogen) atoms. The first-order valence-electron chi connectivity index (χ1n) is 3.30. The molecule has 1 aromatic carbocycles. The van der Waals surface area contributed by atoms with Crippen LogP contribution in [0.15, 0.2) is 17.0 Å². The van der Waals surface area contributed by atoms with Gasteiger partial charge in [-0.15, -0.1) is 5.10 Å². The van der Waals surface area contributed by atoms with Crippen molar-refractivity contribution in [3.05, 3.63) is 12.1 Å². The first-order valence-corrected chi connectivity index (χ1v) is 6.22. The topological polar surface area (TPSA) is 37.8 Å². The van der Waals surface area contributed by atoms with Crippen LogP contribution >= 0.6 is 33.3 Å². The Labute approximate surface area is 80.6 Å². The van der Waals surface area contributed by atoms with Crippen molar-refractivity contribution >= 4 is 49.2 Å². The van der Waals surface area contributed by atoms with Crippen LogP contribution in [0.4, 0.5) is 5.69 Å². The molecule has 0 atom stereocenters. The van der Waals surface area contributed by atoms with Crippen LogP contribution in [0, 0.1) is 0 Å². The number of hydrogen-bond donors (Lipinski definition) is 1. The number of nitrogens with zero attached hydrogens (tertiary/aromatic N) is 2. The lowest BCUT2D eigenvalue weighted by Crippen LogP contribution is -1.77. The fourth-order valence-electron chi connectivity index (χ4n) is 1.09. The Morgan fingerprint density at radius 2 is 2.33 bits per heavy atom. The zero-order valence-electron chi connectivity index (χ0n) is 5.77. The van der Waals surface area contributed by atoms with Crippen molar-refractivity contribution in [2.24, 2.45) is 0 Å². The summed E-state index contributed by atoms with van der Waals surface area (Å²) >= 11 is 1.46. The molecule has 0 bridgehead atoms. The van der Waals surface area contributed by atoms with Gasteiger partial charge in [0.15, 0.2) is 0 Å². The fourth-order valence-corrected chi connectivity index (χ4v) is 4.10. The van der Waals surface area contributed by atoms with E-state index in [4.69, 9.17) is 0 Å². The van der Waals surface area contributed by atoms with Crippen molar-refractivity contribution in [2.45, 2.75) is 4.90 Å². The second kappa shape index (κ2) is 2.51. The highest BCUT2D eigenvalue weighted by Gasteiger charge is 2.16. The van der Waals surface area contributed by atoms with Gasteiger partial charge >= 0.3 is 0 Å². The van der Waals surface area contributed by atoms with Crippen LogP contribution in [0.1, 0.15) is 0 Å². The third kappa shape index (κ3) is 0.854. The van der Waals surface area contributed by atoms with Gasteiger partial charge in [-0.1, -0.05) is 4.49 Å². The summed E-state index contributed by atoms with van der Waals surface area (Å²) < 4.78 is 8.32. The van der Waals surface area contributed by atoms with E-state index in [0.717, 1.165) is 5.52 Å². The smallest absolute Gasteiger partial charge is 0.107 e. The van der Waals surface area contributed by atoms with Crippen molar-refractivity contribution in [3.8, 4) is 0 Å². The van der Waals surface area contributed by atoms with E-state index < -0.39 is 0 Å². The van der Waals surface area contributed by atoms with Crippen molar-refractivity contribution < 1.29 is 0 Å². The van der Waals surface area contributed by atoms with E-state index in [-0.39, 0.29) is 0 Å². The van der Waals surface area contributed by atoms with E-state index in [1.54, 1.807) is 21.8 Å². The standard InChI is InChI=1S/C6H3N3S3/c1-2-4-6(11-12-8-4)5-3(1)7-9-10-5/h1-2,8H. The molecule has 3 rings (SSSR count). The van der Waals surface area contributed by atoms with E-state index in [9.17, 15) is 0 Å². The van der Waals surface area contributed by atoms with Gasteiger partial charge in [-0.3, -0.25) is 0 Å². The van der Waals surface area contributed by atoms with Gasteiger partial charge in [0.1, 0.15) is 5.52 Å². The Kier molecular flexibility index (Phi) is 1.46. The molecule has 0 fully saturated rings. The van der Waals surface area contributed by atoms with Crippen molar-refractivity contribution in [1.82, 2.24) is 9.59 Å². The lowest BCUT2D eigenvalue weighted by Gasteiger charge is -1.94. The van der Waals surface area contributed by atoms with Crippen LogP contribution < -0.4 is 4.72 Å². The summed E-state index contributed by atoms with van der Waals surface area (Å²) in [6.07, 6.45) is 0. The van der Waals surface area contributed by atoms with Crippen LogP contribution in [0.2, 0.25) is 0 Å². The molecule has 0 spiro atoms. The Morgan fingerprint density at radius 1 is 1.33 bits per heavy atom. The minimum absolute atomic E-state index is 0.996. The predicted molar refractivity (Wildman–Crippen MR) is 54.5 cm³/mol. The van der Waals surface area contributed by atoms with Gasteiger partial charge in [0, 0.05) is 11.0 Å². The summed E-state index contributed by atoms with van der Waals surface area (Å²) in [7, 11) is 3.38. The molecule has 2 aromatic rings. The number of aromatic nitrogens is 2. The second-order valence-corrected chi connectivity index (χ2v) is 5.03. The van der Waals surface area contributed by atoms with Crippen LogP contribution in [0.5, 0.6) is 0 Å². The molecule has 0 unspecified atom stereocenters. The molecule has 3 nitrogen and oxygen atoms in total. The summed E-state index contributed by atoms with van der Waals surface area (Å²) in [5, 5.41) is 4.01. The lowest BCUT2D eigenvalue weighted by molar-refractivity contribution is 1.20. The van der Waals surface area contributed by atoms with Gasteiger partial charge in [0.25, 0.3) is 0 Å². The third-order valence-electron chi connectivity index (χ3n) is 1.65. The van der Waals surface area contributed by atoms with Crippen molar-refractivity contribution in [1.29, 1.82) is 0 Å². The van der Waals surface area contributed by atoms with Crippen LogP contribution in [0.3, 0.4) is 0 Å². The number of anilines is 1. The zero-order valence-corrected chi connectivity index (χ0v) is 8.22. The average molecular weight is 213 g/mol. The molecule has 60 valence electrons. The maximum Gasteiger partial charge on any atom is 0.107 e. The van der Waals surface area contributed by atoms with Gasteiger partial charge in [-0.25, -0.2) is 0 Å². The molecule has 0 aliphatic carbocycles. The van der Waals surface area contributed by atoms with E-state index in [0.29, 0.717) is 0 Å². The summed E-state index contributed by atoms with van der Waals surface area (Å²) in [6, 6.07) is 4.04. The molecule has 1 aliphatic rings. The molecule has 1 N–H and O–H groups in total. The van der Waals surface area contributed by atoms with Crippen LogP contribution in [0.25, 0.3) is 10.2 Å². The average Bonchev–Trinajstić information content (AvgIpc) is 2.71. The number of hydrogen-bond acceptors (Lipinski definition) is 6. The predicted octanol–water partition coefficient (Wildman–Crippen LogP) is 2.77. The van der Waals surface area contributed by atoms with Crippen LogP contribution in [-0.2, 0) is 0 Å². The zero-order chi connectivity index (χ0) is 7.97. The number of rotatable bonds is 0. The lowest BCUT2D eigenvalue weighted by atomic mass is 10.3. The minimum atomic E-state index is 0.996. The Bertz CT molecular complexity index is 439. The summed E-state index contributed by atoms with van der Waals surface area (Å²) in [5.74, 6) is 0. The van der Waals surface area contributed by atoms with Gasteiger partial charge in [0.2, 0.25) is 0 Å². The van der Waals surface area contributed by atoms with E-state index >= 15 is 0 Å². The first kappa shape index (κ1) is 6.99. The Morgan fingerprint density at radius 3 is 3.33 bits per heavy atom. The Balaban J connectivity index is 2.46. The summed E-state index contributed by atoms with van der Waals surface area (Å²) in [4.78, 5) is 1.27. The fraction of sp³-hybridized carbons (Fsp3) is 0. The maximum atomic E-state index is 4.01. The molecule has 1 aliphatic heterocycles. The minimum Gasteiger partial charge on any atom is -0.319 e. The van der Waals surface area contributed by atoms with Crippen molar-refractivity contribution in [3.63, 3.8) is 0 Å². The highest BCUT2D eigenvalue weighted by atomic mass is 33.1. The Hall–Kier alpha value is -0.460. The first-order chi connectivity index (χ1) is 5.95. The molecular weight excluding hydrogens is 210 g/mol. The maximum absolute atomic E-state index is 4.01. The third-order valence-corrected chi connectivity index (χ3v) is 4.51. The molecule has 6 heteroatoms.